The summed E-state index contributed by atoms with van der Waals surface area (Å²) in [4.78, 5) is 4.75. The average Bonchev–Trinajstić information content (AvgIpc) is 2.88. The maximum atomic E-state index is 13.1. The van der Waals surface area contributed by atoms with Crippen LogP contribution in [-0.4, -0.2) is 30.1 Å². The van der Waals surface area contributed by atoms with Crippen LogP contribution in [0.5, 0.6) is 0 Å². The van der Waals surface area contributed by atoms with Crippen molar-refractivity contribution < 1.29 is 4.39 Å². The first-order valence-electron chi connectivity index (χ1n) is 7.91. The molecule has 0 saturated carbocycles. The highest BCUT2D eigenvalue weighted by atomic mass is 32.1. The number of halogens is 1. The molecular weight excluding hydrogens is 307 g/mol. The summed E-state index contributed by atoms with van der Waals surface area (Å²) < 4.78 is 13.1. The van der Waals surface area contributed by atoms with Gasteiger partial charge in [-0.05, 0) is 50.1 Å². The monoisotopic (exact) mass is 330 g/mol. The molecule has 0 bridgehead atoms. The number of hydrogen-bond donors (Lipinski definition) is 1. The maximum absolute atomic E-state index is 13.1. The van der Waals surface area contributed by atoms with Gasteiger partial charge in [-0.3, -0.25) is 0 Å². The van der Waals surface area contributed by atoms with Crippen molar-refractivity contribution in [2.75, 3.05) is 19.6 Å². The third-order valence-electron chi connectivity index (χ3n) is 4.26. The molecule has 1 aromatic carbocycles. The van der Waals surface area contributed by atoms with Gasteiger partial charge in [0, 0.05) is 35.7 Å². The molecule has 4 heteroatoms. The highest BCUT2D eigenvalue weighted by molar-refractivity contribution is 7.16. The van der Waals surface area contributed by atoms with Crippen LogP contribution in [0.25, 0.3) is 16.1 Å². The van der Waals surface area contributed by atoms with Gasteiger partial charge in [-0.1, -0.05) is 18.7 Å². The number of rotatable bonds is 3. The summed E-state index contributed by atoms with van der Waals surface area (Å²) in [5, 5.41) is 3.53. The second kappa shape index (κ2) is 6.10. The lowest BCUT2D eigenvalue weighted by Gasteiger charge is -2.41. The summed E-state index contributed by atoms with van der Waals surface area (Å²) in [6, 6.07) is 8.86. The molecule has 2 aromatic rings. The smallest absolute Gasteiger partial charge is 0.123 e. The largest absolute Gasteiger partial charge is 0.368 e. The molecule has 122 valence electrons. The lowest BCUT2D eigenvalue weighted by atomic mass is 10.0. The Morgan fingerprint density at radius 2 is 2.00 bits per heavy atom. The van der Waals surface area contributed by atoms with Gasteiger partial charge in [-0.2, -0.15) is 0 Å². The maximum Gasteiger partial charge on any atom is 0.123 e. The Balaban J connectivity index is 1.86. The topological polar surface area (TPSA) is 15.3 Å². The van der Waals surface area contributed by atoms with Crippen LogP contribution in [0, 0.1) is 12.7 Å². The number of piperazine rings is 1. The van der Waals surface area contributed by atoms with E-state index in [1.807, 2.05) is 12.1 Å². The Morgan fingerprint density at radius 1 is 1.30 bits per heavy atom. The van der Waals surface area contributed by atoms with Crippen LogP contribution in [0.3, 0.4) is 0 Å². The number of aryl methyl sites for hydroxylation is 1. The van der Waals surface area contributed by atoms with Crippen molar-refractivity contribution in [2.24, 2.45) is 0 Å². The van der Waals surface area contributed by atoms with E-state index in [1.165, 1.54) is 22.6 Å². The Bertz CT molecular complexity index is 715. The molecule has 0 atom stereocenters. The van der Waals surface area contributed by atoms with Crippen LogP contribution in [0.1, 0.15) is 24.3 Å². The summed E-state index contributed by atoms with van der Waals surface area (Å²) >= 11 is 1.74. The van der Waals surface area contributed by atoms with Crippen LogP contribution in [0.15, 0.2) is 36.9 Å². The molecular formula is C19H23FN2S. The SMILES string of the molecule is C=C(c1sc(-c2ccc(F)cc2)cc1C)N1CCNC(C)(C)C1. The minimum Gasteiger partial charge on any atom is -0.368 e. The fourth-order valence-corrected chi connectivity index (χ4v) is 4.22. The van der Waals surface area contributed by atoms with Crippen molar-refractivity contribution in [1.82, 2.24) is 10.2 Å². The van der Waals surface area contributed by atoms with Gasteiger partial charge in [-0.25, -0.2) is 4.39 Å². The molecule has 0 unspecified atom stereocenters. The number of nitrogens with one attached hydrogen (secondary N) is 1. The number of nitrogens with zero attached hydrogens (tertiary/aromatic N) is 1. The molecule has 0 amide bonds. The highest BCUT2D eigenvalue weighted by Gasteiger charge is 2.27. The fourth-order valence-electron chi connectivity index (χ4n) is 3.04. The molecule has 0 aliphatic carbocycles. The van der Waals surface area contributed by atoms with E-state index in [-0.39, 0.29) is 11.4 Å². The van der Waals surface area contributed by atoms with E-state index in [0.29, 0.717) is 0 Å². The molecule has 1 fully saturated rings. The number of thiophene rings is 1. The Hall–Kier alpha value is -1.65. The van der Waals surface area contributed by atoms with Crippen molar-refractivity contribution in [3.05, 3.63) is 53.2 Å². The molecule has 23 heavy (non-hydrogen) atoms. The molecule has 1 N–H and O–H groups in total. The molecule has 1 saturated heterocycles. The van der Waals surface area contributed by atoms with Gasteiger partial charge < -0.3 is 10.2 Å². The van der Waals surface area contributed by atoms with Crippen LogP contribution in [0.2, 0.25) is 0 Å². The minimum atomic E-state index is -0.199. The molecule has 1 aliphatic heterocycles. The first kappa shape index (κ1) is 16.2. The fraction of sp³-hybridized carbons (Fsp3) is 0.368. The lowest BCUT2D eigenvalue weighted by molar-refractivity contribution is 0.216. The lowest BCUT2D eigenvalue weighted by Crippen LogP contribution is -2.56. The second-order valence-electron chi connectivity index (χ2n) is 6.81. The number of benzene rings is 1. The van der Waals surface area contributed by atoms with Crippen LogP contribution in [0.4, 0.5) is 4.39 Å². The van der Waals surface area contributed by atoms with E-state index < -0.39 is 0 Å². The zero-order chi connectivity index (χ0) is 16.6. The minimum absolute atomic E-state index is 0.103. The summed E-state index contributed by atoms with van der Waals surface area (Å²) in [5.41, 5.74) is 3.48. The molecule has 1 aromatic heterocycles. The summed E-state index contributed by atoms with van der Waals surface area (Å²) in [6.45, 7) is 13.8. The van der Waals surface area contributed by atoms with E-state index >= 15 is 0 Å². The zero-order valence-corrected chi connectivity index (χ0v) is 14.8. The standard InChI is InChI=1S/C19H23FN2S/c1-13-11-17(15-5-7-16(20)8-6-15)23-18(13)14(2)22-10-9-21-19(3,4)12-22/h5-8,11,21H,2,9-10,12H2,1,3-4H3. The van der Waals surface area contributed by atoms with Crippen molar-refractivity contribution in [3.63, 3.8) is 0 Å². The first-order chi connectivity index (χ1) is 10.9. The van der Waals surface area contributed by atoms with E-state index in [0.717, 1.165) is 35.8 Å². The summed E-state index contributed by atoms with van der Waals surface area (Å²) in [7, 11) is 0. The normalized spacial score (nSPS) is 17.3. The van der Waals surface area contributed by atoms with Crippen LogP contribution >= 0.6 is 11.3 Å². The van der Waals surface area contributed by atoms with Crippen molar-refractivity contribution in [3.8, 4) is 10.4 Å². The van der Waals surface area contributed by atoms with Gasteiger partial charge in [0.25, 0.3) is 0 Å². The second-order valence-corrected chi connectivity index (χ2v) is 7.86. The Kier molecular flexibility index (Phi) is 4.30. The van der Waals surface area contributed by atoms with Crippen molar-refractivity contribution in [1.29, 1.82) is 0 Å². The van der Waals surface area contributed by atoms with Gasteiger partial charge in [0.15, 0.2) is 0 Å². The molecule has 1 aliphatic rings. The molecule has 3 rings (SSSR count). The van der Waals surface area contributed by atoms with Crippen molar-refractivity contribution in [2.45, 2.75) is 26.3 Å². The van der Waals surface area contributed by atoms with E-state index in [1.54, 1.807) is 11.3 Å². The van der Waals surface area contributed by atoms with Gasteiger partial charge in [0.1, 0.15) is 5.82 Å². The Labute approximate surface area is 141 Å². The van der Waals surface area contributed by atoms with E-state index in [9.17, 15) is 4.39 Å². The van der Waals surface area contributed by atoms with Crippen LogP contribution < -0.4 is 5.32 Å². The highest BCUT2D eigenvalue weighted by Crippen LogP contribution is 2.36. The zero-order valence-electron chi connectivity index (χ0n) is 13.9. The molecule has 2 nitrogen and oxygen atoms in total. The predicted molar refractivity (Wildman–Crippen MR) is 97.1 cm³/mol. The van der Waals surface area contributed by atoms with Gasteiger partial charge in [-0.15, -0.1) is 11.3 Å². The quantitative estimate of drug-likeness (QED) is 0.890. The summed E-state index contributed by atoms with van der Waals surface area (Å²) in [5.74, 6) is -0.199. The molecule has 0 radical (unpaired) electrons. The third-order valence-corrected chi connectivity index (χ3v) is 5.60. The Morgan fingerprint density at radius 3 is 2.65 bits per heavy atom. The number of hydrogen-bond acceptors (Lipinski definition) is 3. The third kappa shape index (κ3) is 3.48. The van der Waals surface area contributed by atoms with Crippen LogP contribution in [-0.2, 0) is 0 Å². The summed E-state index contributed by atoms with van der Waals surface area (Å²) in [6.07, 6.45) is 0. The molecule has 0 spiro atoms. The van der Waals surface area contributed by atoms with Gasteiger partial charge in [0.05, 0.1) is 4.88 Å². The molecule has 2 heterocycles. The van der Waals surface area contributed by atoms with Gasteiger partial charge in [0.2, 0.25) is 0 Å². The van der Waals surface area contributed by atoms with E-state index in [2.05, 4.69) is 43.6 Å². The predicted octanol–water partition coefficient (Wildman–Crippen LogP) is 4.52. The van der Waals surface area contributed by atoms with Gasteiger partial charge >= 0.3 is 0 Å². The van der Waals surface area contributed by atoms with E-state index in [4.69, 9.17) is 0 Å². The first-order valence-corrected chi connectivity index (χ1v) is 8.73. The average molecular weight is 330 g/mol. The van der Waals surface area contributed by atoms with Crippen molar-refractivity contribution >= 4 is 17.0 Å².